The molecule has 5 heteroatoms. The van der Waals surface area contributed by atoms with Crippen LogP contribution >= 0.6 is 0 Å². The molecule has 2 rings (SSSR count). The Hall–Kier alpha value is -1.36. The molecule has 1 aliphatic rings. The molecule has 0 spiro atoms. The van der Waals surface area contributed by atoms with Gasteiger partial charge in [-0.2, -0.15) is 4.98 Å². The second kappa shape index (κ2) is 3.42. The van der Waals surface area contributed by atoms with Crippen molar-refractivity contribution in [3.63, 3.8) is 0 Å². The smallest absolute Gasteiger partial charge is 0.233 e. The van der Waals surface area contributed by atoms with Crippen molar-refractivity contribution in [1.29, 1.82) is 0 Å². The minimum absolute atomic E-state index is 0.0566. The standard InChI is InChI=1S/C9H14N4O/c1-14-8-5-11-4-7(12-8)13-9(6-10)2-3-9/h4-5H,2-3,6,10H2,1H3,(H,12,13). The van der Waals surface area contributed by atoms with Crippen LogP contribution in [0.5, 0.6) is 5.88 Å². The van der Waals surface area contributed by atoms with E-state index in [1.54, 1.807) is 19.5 Å². The summed E-state index contributed by atoms with van der Waals surface area (Å²) < 4.78 is 4.98. The number of nitrogens with zero attached hydrogens (tertiary/aromatic N) is 2. The van der Waals surface area contributed by atoms with E-state index in [-0.39, 0.29) is 5.54 Å². The molecule has 1 aliphatic carbocycles. The number of nitrogens with two attached hydrogens (primary N) is 1. The van der Waals surface area contributed by atoms with E-state index in [1.807, 2.05) is 0 Å². The summed E-state index contributed by atoms with van der Waals surface area (Å²) in [5.74, 6) is 1.25. The van der Waals surface area contributed by atoms with Crippen molar-refractivity contribution in [3.8, 4) is 5.88 Å². The van der Waals surface area contributed by atoms with Crippen molar-refractivity contribution in [2.24, 2.45) is 5.73 Å². The van der Waals surface area contributed by atoms with E-state index in [1.165, 1.54) is 0 Å². The zero-order chi connectivity index (χ0) is 10.0. The fourth-order valence-corrected chi connectivity index (χ4v) is 1.31. The molecule has 0 saturated heterocycles. The van der Waals surface area contributed by atoms with Crippen molar-refractivity contribution in [2.75, 3.05) is 19.0 Å². The molecule has 14 heavy (non-hydrogen) atoms. The van der Waals surface area contributed by atoms with Crippen LogP contribution in [0.3, 0.4) is 0 Å². The minimum Gasteiger partial charge on any atom is -0.480 e. The number of methoxy groups -OCH3 is 1. The number of ether oxygens (including phenoxy) is 1. The van der Waals surface area contributed by atoms with E-state index in [4.69, 9.17) is 10.5 Å². The van der Waals surface area contributed by atoms with Crippen LogP contribution in [0.25, 0.3) is 0 Å². The van der Waals surface area contributed by atoms with Gasteiger partial charge in [-0.25, -0.2) is 0 Å². The number of hydrogen-bond acceptors (Lipinski definition) is 5. The molecule has 0 bridgehead atoms. The third-order valence-corrected chi connectivity index (χ3v) is 2.46. The summed E-state index contributed by atoms with van der Waals surface area (Å²) in [5.41, 5.74) is 5.70. The summed E-state index contributed by atoms with van der Waals surface area (Å²) in [6.45, 7) is 0.631. The van der Waals surface area contributed by atoms with Gasteiger partial charge in [-0.1, -0.05) is 0 Å². The maximum absolute atomic E-state index is 5.65. The first-order valence-electron chi connectivity index (χ1n) is 4.62. The number of aromatic nitrogens is 2. The highest BCUT2D eigenvalue weighted by Gasteiger charge is 2.41. The molecule has 0 aromatic carbocycles. The van der Waals surface area contributed by atoms with Gasteiger partial charge in [0.2, 0.25) is 5.88 Å². The van der Waals surface area contributed by atoms with E-state index < -0.39 is 0 Å². The van der Waals surface area contributed by atoms with Crippen LogP contribution in [0.4, 0.5) is 5.82 Å². The summed E-state index contributed by atoms with van der Waals surface area (Å²) in [4.78, 5) is 8.22. The zero-order valence-corrected chi connectivity index (χ0v) is 8.16. The molecule has 0 atom stereocenters. The Labute approximate surface area is 82.7 Å². The van der Waals surface area contributed by atoms with Gasteiger partial charge in [-0.3, -0.25) is 4.98 Å². The summed E-state index contributed by atoms with van der Waals surface area (Å²) in [6, 6.07) is 0. The third kappa shape index (κ3) is 1.77. The Morgan fingerprint density at radius 2 is 2.36 bits per heavy atom. The van der Waals surface area contributed by atoms with Gasteiger partial charge in [0.15, 0.2) is 0 Å². The van der Waals surface area contributed by atoms with Gasteiger partial charge in [0, 0.05) is 6.54 Å². The van der Waals surface area contributed by atoms with Crippen LogP contribution in [0.15, 0.2) is 12.4 Å². The summed E-state index contributed by atoms with van der Waals surface area (Å²) in [6.07, 6.45) is 5.45. The van der Waals surface area contributed by atoms with Crippen LogP contribution in [-0.4, -0.2) is 29.2 Å². The van der Waals surface area contributed by atoms with E-state index in [0.29, 0.717) is 12.4 Å². The number of hydrogen-bond donors (Lipinski definition) is 2. The van der Waals surface area contributed by atoms with Gasteiger partial charge < -0.3 is 15.8 Å². The quantitative estimate of drug-likeness (QED) is 0.725. The molecule has 1 heterocycles. The molecule has 76 valence electrons. The van der Waals surface area contributed by atoms with Gasteiger partial charge in [0.25, 0.3) is 0 Å². The lowest BCUT2D eigenvalue weighted by Gasteiger charge is -2.15. The highest BCUT2D eigenvalue weighted by molar-refractivity contribution is 5.40. The van der Waals surface area contributed by atoms with Crippen LogP contribution in [0.2, 0.25) is 0 Å². The fourth-order valence-electron chi connectivity index (χ4n) is 1.31. The van der Waals surface area contributed by atoms with Gasteiger partial charge in [0.1, 0.15) is 5.82 Å². The SMILES string of the molecule is COc1cncc(NC2(CN)CC2)n1. The van der Waals surface area contributed by atoms with Gasteiger partial charge in [-0.15, -0.1) is 0 Å². The van der Waals surface area contributed by atoms with Crippen LogP contribution < -0.4 is 15.8 Å². The average Bonchev–Trinajstić information content (AvgIpc) is 2.99. The first-order valence-corrected chi connectivity index (χ1v) is 4.62. The van der Waals surface area contributed by atoms with Crippen LogP contribution in [0, 0.1) is 0 Å². The first kappa shape index (κ1) is 9.21. The van der Waals surface area contributed by atoms with Crippen LogP contribution in [0.1, 0.15) is 12.8 Å². The van der Waals surface area contributed by atoms with Gasteiger partial charge in [0.05, 0.1) is 25.0 Å². The summed E-state index contributed by atoms with van der Waals surface area (Å²) in [5, 5.41) is 3.28. The van der Waals surface area contributed by atoms with Crippen molar-refractivity contribution < 1.29 is 4.74 Å². The molecule has 0 unspecified atom stereocenters. The Bertz CT molecular complexity index is 324. The maximum atomic E-state index is 5.65. The molecular weight excluding hydrogens is 180 g/mol. The summed E-state index contributed by atoms with van der Waals surface area (Å²) in [7, 11) is 1.57. The summed E-state index contributed by atoms with van der Waals surface area (Å²) >= 11 is 0. The lowest BCUT2D eigenvalue weighted by molar-refractivity contribution is 0.396. The number of anilines is 1. The van der Waals surface area contributed by atoms with E-state index in [0.717, 1.165) is 18.7 Å². The van der Waals surface area contributed by atoms with E-state index in [2.05, 4.69) is 15.3 Å². The molecule has 0 aliphatic heterocycles. The Morgan fingerprint density at radius 3 is 2.93 bits per heavy atom. The molecule has 1 fully saturated rings. The molecule has 1 aromatic rings. The molecule has 1 aromatic heterocycles. The number of rotatable bonds is 4. The predicted octanol–water partition coefficient (Wildman–Crippen LogP) is 0.388. The minimum atomic E-state index is 0.0566. The molecular formula is C9H14N4O. The normalized spacial score (nSPS) is 17.6. The van der Waals surface area contributed by atoms with E-state index >= 15 is 0 Å². The molecule has 0 radical (unpaired) electrons. The van der Waals surface area contributed by atoms with Crippen molar-refractivity contribution in [1.82, 2.24) is 9.97 Å². The van der Waals surface area contributed by atoms with E-state index in [9.17, 15) is 0 Å². The Morgan fingerprint density at radius 1 is 1.57 bits per heavy atom. The lowest BCUT2D eigenvalue weighted by Crippen LogP contribution is -2.31. The Balaban J connectivity index is 2.09. The molecule has 3 N–H and O–H groups in total. The largest absolute Gasteiger partial charge is 0.480 e. The van der Waals surface area contributed by atoms with Crippen molar-refractivity contribution in [3.05, 3.63) is 12.4 Å². The monoisotopic (exact) mass is 194 g/mol. The Kier molecular flexibility index (Phi) is 2.25. The van der Waals surface area contributed by atoms with Crippen molar-refractivity contribution >= 4 is 5.82 Å². The van der Waals surface area contributed by atoms with Crippen molar-refractivity contribution in [2.45, 2.75) is 18.4 Å². The second-order valence-corrected chi connectivity index (χ2v) is 3.56. The molecule has 1 saturated carbocycles. The molecule has 0 amide bonds. The second-order valence-electron chi connectivity index (χ2n) is 3.56. The lowest BCUT2D eigenvalue weighted by atomic mass is 10.3. The third-order valence-electron chi connectivity index (χ3n) is 2.46. The molecule has 5 nitrogen and oxygen atoms in total. The first-order chi connectivity index (χ1) is 6.78. The van der Waals surface area contributed by atoms with Gasteiger partial charge in [-0.05, 0) is 12.8 Å². The zero-order valence-electron chi connectivity index (χ0n) is 8.16. The number of nitrogens with one attached hydrogen (secondary N) is 1. The average molecular weight is 194 g/mol. The highest BCUT2D eigenvalue weighted by Crippen LogP contribution is 2.37. The van der Waals surface area contributed by atoms with Gasteiger partial charge >= 0.3 is 0 Å². The van der Waals surface area contributed by atoms with Crippen LogP contribution in [-0.2, 0) is 0 Å². The fraction of sp³-hybridized carbons (Fsp3) is 0.556. The highest BCUT2D eigenvalue weighted by atomic mass is 16.5. The topological polar surface area (TPSA) is 73.1 Å². The predicted molar refractivity (Wildman–Crippen MR) is 53.2 cm³/mol. The maximum Gasteiger partial charge on any atom is 0.233 e.